The summed E-state index contributed by atoms with van der Waals surface area (Å²) in [5.74, 6) is 0. The Morgan fingerprint density at radius 3 is 1.25 bits per heavy atom. The van der Waals surface area contributed by atoms with Crippen LogP contribution in [0.4, 0.5) is 0 Å². The van der Waals surface area contributed by atoms with E-state index in [1.165, 1.54) is 0 Å². The molecule has 0 bridgehead atoms. The predicted molar refractivity (Wildman–Crippen MR) is 42.2 cm³/mol. The van der Waals surface area contributed by atoms with Crippen molar-refractivity contribution in [3.63, 3.8) is 0 Å². The van der Waals surface area contributed by atoms with Crippen molar-refractivity contribution in [2.45, 2.75) is 13.8 Å². The van der Waals surface area contributed by atoms with E-state index >= 15 is 0 Å². The van der Waals surface area contributed by atoms with Crippen molar-refractivity contribution in [3.8, 4) is 0 Å². The smallest absolute Gasteiger partial charge is 0.396 e. The molecule has 0 unspecified atom stereocenters. The third-order valence-corrected chi connectivity index (χ3v) is 0.856. The highest BCUT2D eigenvalue weighted by Gasteiger charge is 2.13. The lowest BCUT2D eigenvalue weighted by Crippen LogP contribution is -2.20. The van der Waals surface area contributed by atoms with Crippen molar-refractivity contribution in [2.75, 3.05) is 13.2 Å². The van der Waals surface area contributed by atoms with Crippen LogP contribution in [0.2, 0.25) is 0 Å². The number of aliphatic hydroxyl groups excluding tert-OH is 2. The zero-order valence-corrected chi connectivity index (χ0v) is 7.90. The average Bonchev–Trinajstić information content (AvgIpc) is 1.85. The summed E-state index contributed by atoms with van der Waals surface area (Å²) in [6, 6.07) is 0. The summed E-state index contributed by atoms with van der Waals surface area (Å²) < 4.78 is 8.88. The van der Waals surface area contributed by atoms with Gasteiger partial charge in [0.25, 0.3) is 0 Å². The Morgan fingerprint density at radius 1 is 1.08 bits per heavy atom. The van der Waals surface area contributed by atoms with Crippen molar-refractivity contribution in [1.82, 2.24) is 0 Å². The van der Waals surface area contributed by atoms with Gasteiger partial charge in [-0.1, -0.05) is 13.8 Å². The Hall–Kier alpha value is 0.0300. The van der Waals surface area contributed by atoms with Gasteiger partial charge in [0.15, 0.2) is 0 Å². The molecule has 0 amide bonds. The molecule has 5 N–H and O–H groups in total. The SMILES string of the molecule is CC(C)(CO)CO.O=P(O)(O)O. The van der Waals surface area contributed by atoms with Gasteiger partial charge in [-0.3, -0.25) is 0 Å². The molecule has 0 aliphatic rings. The van der Waals surface area contributed by atoms with Crippen LogP contribution in [0.5, 0.6) is 0 Å². The van der Waals surface area contributed by atoms with E-state index in [0.717, 1.165) is 0 Å². The summed E-state index contributed by atoms with van der Waals surface area (Å²) >= 11 is 0. The number of aliphatic hydroxyl groups is 2. The minimum atomic E-state index is -4.64. The zero-order chi connectivity index (χ0) is 10.4. The van der Waals surface area contributed by atoms with Crippen LogP contribution in [0.1, 0.15) is 13.8 Å². The maximum atomic E-state index is 8.88. The molecule has 7 heteroatoms. The van der Waals surface area contributed by atoms with Gasteiger partial charge in [-0.25, -0.2) is 4.57 Å². The summed E-state index contributed by atoms with van der Waals surface area (Å²) in [5, 5.41) is 16.9. The summed E-state index contributed by atoms with van der Waals surface area (Å²) in [6.45, 7) is 3.69. The highest BCUT2D eigenvalue weighted by molar-refractivity contribution is 7.45. The maximum Gasteiger partial charge on any atom is 0.466 e. The highest BCUT2D eigenvalue weighted by Crippen LogP contribution is 2.25. The third kappa shape index (κ3) is 22.5. The second-order valence-corrected chi connectivity index (χ2v) is 4.02. The van der Waals surface area contributed by atoms with Gasteiger partial charge in [0.2, 0.25) is 0 Å². The number of hydrogen-bond acceptors (Lipinski definition) is 3. The van der Waals surface area contributed by atoms with E-state index in [2.05, 4.69) is 0 Å². The lowest BCUT2D eigenvalue weighted by atomic mass is 9.97. The minimum absolute atomic E-state index is 0.0451. The first-order chi connectivity index (χ1) is 5.12. The largest absolute Gasteiger partial charge is 0.466 e. The van der Waals surface area contributed by atoms with Crippen molar-refractivity contribution in [3.05, 3.63) is 0 Å². The summed E-state index contributed by atoms with van der Waals surface area (Å²) in [5.41, 5.74) is -0.306. The van der Waals surface area contributed by atoms with Crippen molar-refractivity contribution in [1.29, 1.82) is 0 Å². The summed E-state index contributed by atoms with van der Waals surface area (Å²) in [7, 11) is -4.64. The van der Waals surface area contributed by atoms with Crippen LogP contribution < -0.4 is 0 Å². The van der Waals surface area contributed by atoms with E-state index in [0.29, 0.717) is 0 Å². The molecule has 0 rings (SSSR count). The lowest BCUT2D eigenvalue weighted by Gasteiger charge is -2.16. The molecule has 0 aromatic carbocycles. The lowest BCUT2D eigenvalue weighted by molar-refractivity contribution is 0.0857. The molecule has 0 atom stereocenters. The Labute approximate surface area is 70.7 Å². The number of rotatable bonds is 2. The monoisotopic (exact) mass is 202 g/mol. The van der Waals surface area contributed by atoms with Crippen LogP contribution >= 0.6 is 7.82 Å². The molecule has 0 aromatic heterocycles. The van der Waals surface area contributed by atoms with Gasteiger partial charge < -0.3 is 24.9 Å². The Morgan fingerprint density at radius 2 is 1.25 bits per heavy atom. The van der Waals surface area contributed by atoms with Crippen molar-refractivity contribution in [2.24, 2.45) is 5.41 Å². The molecule has 0 aliphatic heterocycles. The third-order valence-electron chi connectivity index (χ3n) is 0.856. The molecule has 6 nitrogen and oxygen atoms in total. The quantitative estimate of drug-likeness (QED) is 0.369. The maximum absolute atomic E-state index is 8.88. The van der Waals surface area contributed by atoms with E-state index in [1.807, 2.05) is 0 Å². The molecule has 0 aliphatic carbocycles. The molecule has 76 valence electrons. The van der Waals surface area contributed by atoms with Crippen LogP contribution in [-0.4, -0.2) is 38.1 Å². The Bertz CT molecular complexity index is 136. The first-order valence-corrected chi connectivity index (χ1v) is 4.69. The predicted octanol–water partition coefficient (Wildman–Crippen LogP) is -0.931. The van der Waals surface area contributed by atoms with Gasteiger partial charge in [0.05, 0.1) is 13.2 Å². The topological polar surface area (TPSA) is 118 Å². The van der Waals surface area contributed by atoms with E-state index in [4.69, 9.17) is 29.5 Å². The molecular formula is C5H15O6P. The van der Waals surface area contributed by atoms with Gasteiger partial charge >= 0.3 is 7.82 Å². The Balaban J connectivity index is 0. The number of hydrogen-bond donors (Lipinski definition) is 5. The van der Waals surface area contributed by atoms with Gasteiger partial charge in [-0.2, -0.15) is 0 Å². The normalized spacial score (nSPS) is 11.9. The Kier molecular flexibility index (Phi) is 6.83. The van der Waals surface area contributed by atoms with E-state index in [9.17, 15) is 0 Å². The summed E-state index contributed by atoms with van der Waals surface area (Å²) in [6.07, 6.45) is 0. The van der Waals surface area contributed by atoms with Crippen LogP contribution in [0, 0.1) is 5.41 Å². The van der Waals surface area contributed by atoms with E-state index < -0.39 is 7.82 Å². The van der Waals surface area contributed by atoms with Crippen LogP contribution in [0.15, 0.2) is 0 Å². The van der Waals surface area contributed by atoms with E-state index in [-0.39, 0.29) is 18.6 Å². The molecule has 0 saturated carbocycles. The molecule has 0 spiro atoms. The molecule has 0 saturated heterocycles. The van der Waals surface area contributed by atoms with Gasteiger partial charge in [0, 0.05) is 5.41 Å². The highest BCUT2D eigenvalue weighted by atomic mass is 31.2. The fourth-order valence-electron chi connectivity index (χ4n) is 0.0500. The van der Waals surface area contributed by atoms with Crippen molar-refractivity contribution < 1.29 is 29.5 Å². The van der Waals surface area contributed by atoms with Crippen molar-refractivity contribution >= 4 is 7.82 Å². The first kappa shape index (κ1) is 14.5. The number of phosphoric acid groups is 1. The van der Waals surface area contributed by atoms with Gasteiger partial charge in [-0.15, -0.1) is 0 Å². The average molecular weight is 202 g/mol. The van der Waals surface area contributed by atoms with Crippen LogP contribution in [-0.2, 0) is 4.57 Å². The van der Waals surface area contributed by atoms with Crippen LogP contribution in [0.3, 0.4) is 0 Å². The molecule has 0 heterocycles. The fourth-order valence-corrected chi connectivity index (χ4v) is 0.0500. The fraction of sp³-hybridized carbons (Fsp3) is 1.00. The molecule has 12 heavy (non-hydrogen) atoms. The van der Waals surface area contributed by atoms with E-state index in [1.54, 1.807) is 13.8 Å². The van der Waals surface area contributed by atoms with Gasteiger partial charge in [-0.05, 0) is 0 Å². The molecular weight excluding hydrogens is 187 g/mol. The molecule has 0 aromatic rings. The first-order valence-electron chi connectivity index (χ1n) is 3.12. The molecule has 0 radical (unpaired) electrons. The standard InChI is InChI=1S/C5H12O2.H3O4P/c1-5(2,3-6)4-7;1-5(2,3)4/h6-7H,3-4H2,1-2H3;(H3,1,2,3,4). The minimum Gasteiger partial charge on any atom is -0.396 e. The molecule has 0 fully saturated rings. The van der Waals surface area contributed by atoms with Gasteiger partial charge in [0.1, 0.15) is 0 Å². The second-order valence-electron chi connectivity index (χ2n) is 2.99. The van der Waals surface area contributed by atoms with Crippen LogP contribution in [0.25, 0.3) is 0 Å². The zero-order valence-electron chi connectivity index (χ0n) is 7.01. The summed E-state index contributed by atoms with van der Waals surface area (Å²) in [4.78, 5) is 21.6. The second kappa shape index (κ2) is 5.64.